The Labute approximate surface area is 170 Å². The van der Waals surface area contributed by atoms with Crippen molar-refractivity contribution in [3.8, 4) is 17.1 Å². The molecule has 0 N–H and O–H groups in total. The summed E-state index contributed by atoms with van der Waals surface area (Å²) in [4.78, 5) is 22.1. The SMILES string of the molecule is COc1cccc(-c2noc(CSc3nc4ccccc4c(=O)n3C3CC3)n2)c1. The first kappa shape index (κ1) is 17.9. The maximum absolute atomic E-state index is 12.9. The maximum atomic E-state index is 12.9. The standard InChI is InChI=1S/C21H18N4O3S/c1-27-15-6-4-5-13(11-15)19-23-18(28-24-19)12-29-21-22-17-8-3-2-7-16(17)20(26)25(21)14-9-10-14/h2-8,11,14H,9-10,12H2,1H3. The molecule has 0 unspecified atom stereocenters. The van der Waals surface area contributed by atoms with Crippen molar-refractivity contribution in [3.63, 3.8) is 0 Å². The van der Waals surface area contributed by atoms with Crippen LogP contribution >= 0.6 is 11.8 Å². The van der Waals surface area contributed by atoms with Crippen LogP contribution < -0.4 is 10.3 Å². The molecule has 4 aromatic rings. The van der Waals surface area contributed by atoms with Crippen LogP contribution in [0.3, 0.4) is 0 Å². The third-order valence-electron chi connectivity index (χ3n) is 4.81. The summed E-state index contributed by atoms with van der Waals surface area (Å²) in [5, 5.41) is 5.41. The first-order chi connectivity index (χ1) is 14.2. The van der Waals surface area contributed by atoms with Gasteiger partial charge in [0.15, 0.2) is 5.16 Å². The summed E-state index contributed by atoms with van der Waals surface area (Å²) in [5.41, 5.74) is 1.55. The second-order valence-corrected chi connectivity index (χ2v) is 7.79. The molecule has 8 heteroatoms. The quantitative estimate of drug-likeness (QED) is 0.352. The Hall–Kier alpha value is -3.13. The highest BCUT2D eigenvalue weighted by molar-refractivity contribution is 7.98. The monoisotopic (exact) mass is 406 g/mol. The zero-order chi connectivity index (χ0) is 19.8. The van der Waals surface area contributed by atoms with Crippen molar-refractivity contribution in [2.45, 2.75) is 29.8 Å². The van der Waals surface area contributed by atoms with Gasteiger partial charge >= 0.3 is 0 Å². The molecule has 0 atom stereocenters. The fourth-order valence-corrected chi connectivity index (χ4v) is 4.11. The average molecular weight is 406 g/mol. The molecule has 29 heavy (non-hydrogen) atoms. The van der Waals surface area contributed by atoms with Crippen molar-refractivity contribution in [2.75, 3.05) is 7.11 Å². The summed E-state index contributed by atoms with van der Waals surface area (Å²) in [7, 11) is 1.62. The molecule has 1 fully saturated rings. The molecule has 1 aliphatic rings. The lowest BCUT2D eigenvalue weighted by Crippen LogP contribution is -2.22. The van der Waals surface area contributed by atoms with Gasteiger partial charge in [-0.15, -0.1) is 0 Å². The number of ether oxygens (including phenoxy) is 1. The minimum atomic E-state index is 0.0169. The summed E-state index contributed by atoms with van der Waals surface area (Å²) < 4.78 is 12.5. The Morgan fingerprint density at radius 1 is 1.17 bits per heavy atom. The lowest BCUT2D eigenvalue weighted by Gasteiger charge is -2.11. The maximum Gasteiger partial charge on any atom is 0.262 e. The second kappa shape index (κ2) is 7.36. The number of methoxy groups -OCH3 is 1. The second-order valence-electron chi connectivity index (χ2n) is 6.85. The lowest BCUT2D eigenvalue weighted by molar-refractivity contribution is 0.391. The fraction of sp³-hybridized carbons (Fsp3) is 0.238. The van der Waals surface area contributed by atoms with Crippen LogP contribution in [-0.4, -0.2) is 26.8 Å². The molecule has 0 spiro atoms. The number of thioether (sulfide) groups is 1. The molecule has 2 aromatic heterocycles. The van der Waals surface area contributed by atoms with Gasteiger partial charge in [0.1, 0.15) is 5.75 Å². The molecule has 0 bridgehead atoms. The Morgan fingerprint density at radius 2 is 2.03 bits per heavy atom. The minimum absolute atomic E-state index is 0.0169. The first-order valence-electron chi connectivity index (χ1n) is 9.34. The van der Waals surface area contributed by atoms with Gasteiger partial charge in [0.2, 0.25) is 11.7 Å². The third-order valence-corrected chi connectivity index (χ3v) is 5.75. The number of aromatic nitrogens is 4. The van der Waals surface area contributed by atoms with Crippen LogP contribution in [0.1, 0.15) is 24.8 Å². The van der Waals surface area contributed by atoms with Crippen molar-refractivity contribution in [1.82, 2.24) is 19.7 Å². The Bertz CT molecular complexity index is 1250. The van der Waals surface area contributed by atoms with Crippen molar-refractivity contribution in [2.24, 2.45) is 0 Å². The molecule has 1 saturated carbocycles. The van der Waals surface area contributed by atoms with Gasteiger partial charge in [-0.1, -0.05) is 41.2 Å². The Balaban J connectivity index is 1.42. The van der Waals surface area contributed by atoms with E-state index >= 15 is 0 Å². The van der Waals surface area contributed by atoms with E-state index < -0.39 is 0 Å². The first-order valence-corrected chi connectivity index (χ1v) is 10.3. The molecule has 2 heterocycles. The molecule has 7 nitrogen and oxygen atoms in total. The van der Waals surface area contributed by atoms with Crippen LogP contribution in [0.15, 0.2) is 63.0 Å². The van der Waals surface area contributed by atoms with Gasteiger partial charge < -0.3 is 9.26 Å². The largest absolute Gasteiger partial charge is 0.497 e. The third kappa shape index (κ3) is 3.51. The number of rotatable bonds is 6. The molecular weight excluding hydrogens is 388 g/mol. The molecule has 0 aliphatic heterocycles. The van der Waals surface area contributed by atoms with Gasteiger partial charge in [0.25, 0.3) is 5.56 Å². The molecule has 0 amide bonds. The highest BCUT2D eigenvalue weighted by Gasteiger charge is 2.28. The highest BCUT2D eigenvalue weighted by atomic mass is 32.2. The van der Waals surface area contributed by atoms with E-state index in [9.17, 15) is 4.79 Å². The van der Waals surface area contributed by atoms with Gasteiger partial charge in [-0.2, -0.15) is 4.98 Å². The molecule has 5 rings (SSSR count). The van der Waals surface area contributed by atoms with Gasteiger partial charge in [-0.25, -0.2) is 4.98 Å². The van der Waals surface area contributed by atoms with Gasteiger partial charge in [0, 0.05) is 11.6 Å². The van der Waals surface area contributed by atoms with Crippen LogP contribution in [0.25, 0.3) is 22.3 Å². The van der Waals surface area contributed by atoms with Crippen molar-refractivity contribution >= 4 is 22.7 Å². The molecular formula is C21H18N4O3S. The number of fused-ring (bicyclic) bond motifs is 1. The smallest absolute Gasteiger partial charge is 0.262 e. The predicted molar refractivity (Wildman–Crippen MR) is 110 cm³/mol. The molecule has 146 valence electrons. The van der Waals surface area contributed by atoms with Crippen LogP contribution in [0.2, 0.25) is 0 Å². The molecule has 0 radical (unpaired) electrons. The summed E-state index contributed by atoms with van der Waals surface area (Å²) >= 11 is 1.44. The summed E-state index contributed by atoms with van der Waals surface area (Å²) in [6.45, 7) is 0. The van der Waals surface area contributed by atoms with E-state index in [1.165, 1.54) is 11.8 Å². The van der Waals surface area contributed by atoms with Crippen molar-refractivity contribution in [1.29, 1.82) is 0 Å². The van der Waals surface area contributed by atoms with Crippen LogP contribution in [-0.2, 0) is 5.75 Å². The van der Waals surface area contributed by atoms with E-state index in [-0.39, 0.29) is 11.6 Å². The fourth-order valence-electron chi connectivity index (χ4n) is 3.20. The Kier molecular flexibility index (Phi) is 4.55. The van der Waals surface area contributed by atoms with Crippen LogP contribution in [0.5, 0.6) is 5.75 Å². The van der Waals surface area contributed by atoms with Crippen molar-refractivity contribution < 1.29 is 9.26 Å². The van der Waals surface area contributed by atoms with Crippen molar-refractivity contribution in [3.05, 3.63) is 64.8 Å². The number of benzene rings is 2. The normalized spacial score (nSPS) is 13.7. The topological polar surface area (TPSA) is 83.0 Å². The summed E-state index contributed by atoms with van der Waals surface area (Å²) in [5.74, 6) is 2.16. The van der Waals surface area contributed by atoms with Gasteiger partial charge in [-0.05, 0) is 37.1 Å². The zero-order valence-corrected chi connectivity index (χ0v) is 16.6. The summed E-state index contributed by atoms with van der Waals surface area (Å²) in [6.07, 6.45) is 2.02. The van der Waals surface area contributed by atoms with E-state index in [1.54, 1.807) is 7.11 Å². The van der Waals surface area contributed by atoms with E-state index in [1.807, 2.05) is 53.1 Å². The van der Waals surface area contributed by atoms with Gasteiger partial charge in [0.05, 0.1) is 23.8 Å². The summed E-state index contributed by atoms with van der Waals surface area (Å²) in [6, 6.07) is 15.2. The van der Waals surface area contributed by atoms with E-state index in [0.717, 1.165) is 24.2 Å². The number of para-hydroxylation sites is 1. The predicted octanol–water partition coefficient (Wildman–Crippen LogP) is 4.08. The number of hydrogen-bond donors (Lipinski definition) is 0. The van der Waals surface area contributed by atoms with E-state index in [0.29, 0.717) is 33.5 Å². The number of nitrogens with zero attached hydrogens (tertiary/aromatic N) is 4. The molecule has 2 aromatic carbocycles. The minimum Gasteiger partial charge on any atom is -0.497 e. The molecule has 0 saturated heterocycles. The highest BCUT2D eigenvalue weighted by Crippen LogP contribution is 2.37. The van der Waals surface area contributed by atoms with Gasteiger partial charge in [-0.3, -0.25) is 9.36 Å². The van der Waals surface area contributed by atoms with Crippen LogP contribution in [0.4, 0.5) is 0 Å². The number of hydrogen-bond acceptors (Lipinski definition) is 7. The Morgan fingerprint density at radius 3 is 2.86 bits per heavy atom. The molecule has 1 aliphatic carbocycles. The van der Waals surface area contributed by atoms with E-state index in [2.05, 4.69) is 10.1 Å². The average Bonchev–Trinajstić information content (AvgIpc) is 3.48. The van der Waals surface area contributed by atoms with Crippen LogP contribution in [0, 0.1) is 0 Å². The lowest BCUT2D eigenvalue weighted by atomic mass is 10.2. The van der Waals surface area contributed by atoms with E-state index in [4.69, 9.17) is 14.2 Å². The zero-order valence-electron chi connectivity index (χ0n) is 15.7.